The largest absolute Gasteiger partial charge is 0.507 e. The molecule has 0 amide bonds. The third-order valence-corrected chi connectivity index (χ3v) is 2.23. The highest BCUT2D eigenvalue weighted by Gasteiger charge is 2.10. The number of aryl methyl sites for hydroxylation is 1. The molecule has 0 unspecified atom stereocenters. The van der Waals surface area contributed by atoms with Gasteiger partial charge >= 0.3 is 5.97 Å². The number of nitrogens with zero attached hydrogens (tertiary/aromatic N) is 1. The van der Waals surface area contributed by atoms with Crippen molar-refractivity contribution in [3.63, 3.8) is 0 Å². The molecule has 0 aliphatic carbocycles. The molecule has 0 saturated heterocycles. The Bertz CT molecular complexity index is 498. The van der Waals surface area contributed by atoms with E-state index in [1.807, 2.05) is 13.0 Å². The molecule has 0 atom stereocenters. The maximum atomic E-state index is 11.4. The number of hydrogen-bond donors (Lipinski definition) is 1. The van der Waals surface area contributed by atoms with Gasteiger partial charge in [-0.3, -0.25) is 0 Å². The fourth-order valence-corrected chi connectivity index (χ4v) is 1.38. The number of phenolic OH excluding ortho intramolecular Hbond substituents is 1. The van der Waals surface area contributed by atoms with Crippen LogP contribution in [0.3, 0.4) is 0 Å². The van der Waals surface area contributed by atoms with Gasteiger partial charge in [0.1, 0.15) is 5.75 Å². The average Bonchev–Trinajstić information content (AvgIpc) is 2.32. The number of hydrogen-bond acceptors (Lipinski definition) is 4. The molecule has 0 saturated carbocycles. The standard InChI is InChI=1S/C13H13NO3/c1-9-3-4-12(15)11(7-9)8-10(5-6-14)13(16)17-2/h3-4,7-8,15H,5H2,1-2H3/b10-8+. The summed E-state index contributed by atoms with van der Waals surface area (Å²) in [5.74, 6) is -0.498. The topological polar surface area (TPSA) is 70.3 Å². The SMILES string of the molecule is COC(=O)/C(=C/c1cc(C)ccc1O)CC#N. The first-order valence-electron chi connectivity index (χ1n) is 5.04. The lowest BCUT2D eigenvalue weighted by Crippen LogP contribution is -2.04. The lowest BCUT2D eigenvalue weighted by molar-refractivity contribution is -0.136. The van der Waals surface area contributed by atoms with Crippen molar-refractivity contribution in [2.45, 2.75) is 13.3 Å². The molecule has 17 heavy (non-hydrogen) atoms. The van der Waals surface area contributed by atoms with E-state index in [1.54, 1.807) is 18.2 Å². The summed E-state index contributed by atoms with van der Waals surface area (Å²) in [4.78, 5) is 11.4. The fourth-order valence-electron chi connectivity index (χ4n) is 1.38. The van der Waals surface area contributed by atoms with Gasteiger partial charge in [0, 0.05) is 5.56 Å². The van der Waals surface area contributed by atoms with Crippen molar-refractivity contribution in [1.82, 2.24) is 0 Å². The quantitative estimate of drug-likeness (QED) is 0.639. The van der Waals surface area contributed by atoms with Gasteiger partial charge in [-0.15, -0.1) is 0 Å². The molecule has 1 aromatic rings. The molecule has 0 aliphatic rings. The van der Waals surface area contributed by atoms with Crippen LogP contribution in [0.2, 0.25) is 0 Å². The van der Waals surface area contributed by atoms with E-state index in [0.29, 0.717) is 5.56 Å². The Balaban J connectivity index is 3.17. The molecule has 1 aromatic carbocycles. The number of carbonyl (C=O) groups excluding carboxylic acids is 1. The summed E-state index contributed by atoms with van der Waals surface area (Å²) in [6, 6.07) is 6.92. The maximum absolute atomic E-state index is 11.4. The summed E-state index contributed by atoms with van der Waals surface area (Å²) in [5.41, 5.74) is 1.67. The van der Waals surface area contributed by atoms with E-state index in [2.05, 4.69) is 4.74 Å². The highest BCUT2D eigenvalue weighted by atomic mass is 16.5. The van der Waals surface area contributed by atoms with E-state index in [0.717, 1.165) is 5.56 Å². The minimum Gasteiger partial charge on any atom is -0.507 e. The van der Waals surface area contributed by atoms with Crippen LogP contribution in [0.25, 0.3) is 6.08 Å². The Morgan fingerprint density at radius 1 is 1.59 bits per heavy atom. The molecule has 0 spiro atoms. The molecular weight excluding hydrogens is 218 g/mol. The Kier molecular flexibility index (Phi) is 4.29. The number of aromatic hydroxyl groups is 1. The van der Waals surface area contributed by atoms with Gasteiger partial charge < -0.3 is 9.84 Å². The van der Waals surface area contributed by atoms with Crippen LogP contribution in [0.1, 0.15) is 17.5 Å². The first-order valence-corrected chi connectivity index (χ1v) is 5.04. The van der Waals surface area contributed by atoms with Crippen LogP contribution < -0.4 is 0 Å². The zero-order valence-corrected chi connectivity index (χ0v) is 9.73. The van der Waals surface area contributed by atoms with Crippen LogP contribution >= 0.6 is 0 Å². The number of carbonyl (C=O) groups is 1. The van der Waals surface area contributed by atoms with Gasteiger partial charge in [0.15, 0.2) is 0 Å². The number of nitriles is 1. The van der Waals surface area contributed by atoms with Crippen LogP contribution in [0.15, 0.2) is 23.8 Å². The highest BCUT2D eigenvalue weighted by molar-refractivity contribution is 5.94. The molecule has 4 heteroatoms. The molecule has 0 aliphatic heterocycles. The van der Waals surface area contributed by atoms with Gasteiger partial charge in [0.2, 0.25) is 0 Å². The third kappa shape index (κ3) is 3.35. The zero-order chi connectivity index (χ0) is 12.8. The van der Waals surface area contributed by atoms with Gasteiger partial charge in [0.05, 0.1) is 25.2 Å². The second-order valence-corrected chi connectivity index (χ2v) is 3.56. The Morgan fingerprint density at radius 2 is 2.29 bits per heavy atom. The monoisotopic (exact) mass is 231 g/mol. The molecule has 1 N–H and O–H groups in total. The second kappa shape index (κ2) is 5.71. The van der Waals surface area contributed by atoms with Gasteiger partial charge in [-0.05, 0) is 25.1 Å². The third-order valence-electron chi connectivity index (χ3n) is 2.23. The molecule has 0 bridgehead atoms. The van der Waals surface area contributed by atoms with Gasteiger partial charge in [0.25, 0.3) is 0 Å². The summed E-state index contributed by atoms with van der Waals surface area (Å²) in [6.45, 7) is 1.87. The van der Waals surface area contributed by atoms with Crippen molar-refractivity contribution in [1.29, 1.82) is 5.26 Å². The summed E-state index contributed by atoms with van der Waals surface area (Å²) in [6.07, 6.45) is 1.41. The van der Waals surface area contributed by atoms with Gasteiger partial charge in [-0.2, -0.15) is 5.26 Å². The van der Waals surface area contributed by atoms with Crippen LogP contribution in [-0.4, -0.2) is 18.2 Å². The Hall–Kier alpha value is -2.28. The first-order chi connectivity index (χ1) is 8.08. The highest BCUT2D eigenvalue weighted by Crippen LogP contribution is 2.22. The van der Waals surface area contributed by atoms with Gasteiger partial charge in [-0.25, -0.2) is 4.79 Å². The molecule has 1 rings (SSSR count). The van der Waals surface area contributed by atoms with E-state index < -0.39 is 5.97 Å². The van der Waals surface area contributed by atoms with Crippen LogP contribution in [0, 0.1) is 18.3 Å². The fraction of sp³-hybridized carbons (Fsp3) is 0.231. The molecule has 0 heterocycles. The number of rotatable bonds is 3. The van der Waals surface area contributed by atoms with Crippen molar-refractivity contribution < 1.29 is 14.6 Å². The van der Waals surface area contributed by atoms with Crippen molar-refractivity contribution in [3.05, 3.63) is 34.9 Å². The predicted molar refractivity (Wildman–Crippen MR) is 63.1 cm³/mol. The molecule has 0 aromatic heterocycles. The lowest BCUT2D eigenvalue weighted by Gasteiger charge is -2.04. The number of benzene rings is 1. The zero-order valence-electron chi connectivity index (χ0n) is 9.73. The second-order valence-electron chi connectivity index (χ2n) is 3.56. The normalized spacial score (nSPS) is 10.8. The molecule has 0 fully saturated rings. The van der Waals surface area contributed by atoms with Gasteiger partial charge in [-0.1, -0.05) is 11.6 Å². The van der Waals surface area contributed by atoms with E-state index in [4.69, 9.17) is 5.26 Å². The van der Waals surface area contributed by atoms with Crippen molar-refractivity contribution in [3.8, 4) is 11.8 Å². The maximum Gasteiger partial charge on any atom is 0.334 e. The number of ether oxygens (including phenoxy) is 1. The minimum absolute atomic E-state index is 0.0555. The van der Waals surface area contributed by atoms with Crippen LogP contribution in [0.5, 0.6) is 5.75 Å². The number of methoxy groups -OCH3 is 1. The molecule has 4 nitrogen and oxygen atoms in total. The first kappa shape index (κ1) is 12.8. The Labute approximate surface area is 99.8 Å². The predicted octanol–water partition coefficient (Wildman–Crippen LogP) is 2.17. The molecule has 88 valence electrons. The summed E-state index contributed by atoms with van der Waals surface area (Å²) >= 11 is 0. The Morgan fingerprint density at radius 3 is 2.88 bits per heavy atom. The minimum atomic E-state index is -0.563. The van der Waals surface area contributed by atoms with E-state index in [1.165, 1.54) is 13.2 Å². The number of phenols is 1. The van der Waals surface area contributed by atoms with E-state index in [9.17, 15) is 9.90 Å². The summed E-state index contributed by atoms with van der Waals surface area (Å²) < 4.78 is 4.57. The number of esters is 1. The summed E-state index contributed by atoms with van der Waals surface area (Å²) in [5, 5.41) is 18.2. The molecule has 0 radical (unpaired) electrons. The van der Waals surface area contributed by atoms with E-state index >= 15 is 0 Å². The van der Waals surface area contributed by atoms with Crippen LogP contribution in [0.4, 0.5) is 0 Å². The van der Waals surface area contributed by atoms with E-state index in [-0.39, 0.29) is 17.7 Å². The van der Waals surface area contributed by atoms with Crippen molar-refractivity contribution >= 4 is 12.0 Å². The summed E-state index contributed by atoms with van der Waals surface area (Å²) in [7, 11) is 1.25. The molecular formula is C13H13NO3. The van der Waals surface area contributed by atoms with Crippen molar-refractivity contribution in [2.75, 3.05) is 7.11 Å². The smallest absolute Gasteiger partial charge is 0.334 e. The lowest BCUT2D eigenvalue weighted by atomic mass is 10.1. The van der Waals surface area contributed by atoms with Crippen molar-refractivity contribution in [2.24, 2.45) is 0 Å². The average molecular weight is 231 g/mol. The van der Waals surface area contributed by atoms with Crippen LogP contribution in [-0.2, 0) is 9.53 Å².